The molecule has 2 atom stereocenters. The second kappa shape index (κ2) is 2.89. The third-order valence-corrected chi connectivity index (χ3v) is 2.68. The van der Waals surface area contributed by atoms with Crippen LogP contribution in [-0.2, 0) is 0 Å². The summed E-state index contributed by atoms with van der Waals surface area (Å²) in [6.07, 6.45) is 5.48. The van der Waals surface area contributed by atoms with Crippen molar-refractivity contribution in [2.24, 2.45) is 0 Å². The molecule has 0 spiro atoms. The van der Waals surface area contributed by atoms with Crippen molar-refractivity contribution in [3.8, 4) is 0 Å². The quantitative estimate of drug-likeness (QED) is 0.511. The monoisotopic (exact) mass is 140 g/mol. The van der Waals surface area contributed by atoms with Gasteiger partial charge in [0.2, 0.25) is 0 Å². The van der Waals surface area contributed by atoms with Gasteiger partial charge in [0.1, 0.15) is 0 Å². The maximum atomic E-state index is 3.56. The number of rotatable bonds is 0. The molecule has 2 saturated heterocycles. The molecule has 0 amide bonds. The van der Waals surface area contributed by atoms with Gasteiger partial charge >= 0.3 is 0 Å². The summed E-state index contributed by atoms with van der Waals surface area (Å²) in [6, 6.07) is 1.59. The van der Waals surface area contributed by atoms with E-state index >= 15 is 0 Å². The molecule has 0 radical (unpaired) electrons. The predicted molar refractivity (Wildman–Crippen MR) is 42.0 cm³/mol. The molecule has 58 valence electrons. The zero-order valence-electron chi connectivity index (χ0n) is 6.40. The van der Waals surface area contributed by atoms with E-state index in [1.165, 1.54) is 38.8 Å². The van der Waals surface area contributed by atoms with E-state index in [1.807, 2.05) is 0 Å². The first-order valence-electron chi connectivity index (χ1n) is 4.43. The van der Waals surface area contributed by atoms with Gasteiger partial charge in [-0.05, 0) is 38.8 Å². The molecule has 0 aromatic heterocycles. The van der Waals surface area contributed by atoms with Gasteiger partial charge in [0, 0.05) is 12.1 Å². The first-order chi connectivity index (χ1) is 4.97. The Morgan fingerprint density at radius 1 is 0.800 bits per heavy atom. The van der Waals surface area contributed by atoms with Crippen LogP contribution in [0.5, 0.6) is 0 Å². The van der Waals surface area contributed by atoms with Crippen LogP contribution in [-0.4, -0.2) is 25.2 Å². The van der Waals surface area contributed by atoms with E-state index in [-0.39, 0.29) is 0 Å². The summed E-state index contributed by atoms with van der Waals surface area (Å²) in [7, 11) is 0. The Labute approximate surface area is 62.4 Å². The maximum Gasteiger partial charge on any atom is 0.0221 e. The molecular formula is C8H16N2. The van der Waals surface area contributed by atoms with Gasteiger partial charge in [-0.25, -0.2) is 0 Å². The van der Waals surface area contributed by atoms with Gasteiger partial charge in [-0.2, -0.15) is 0 Å². The summed E-state index contributed by atoms with van der Waals surface area (Å²) in [5.41, 5.74) is 0. The molecule has 0 aliphatic carbocycles. The molecule has 10 heavy (non-hydrogen) atoms. The van der Waals surface area contributed by atoms with E-state index in [4.69, 9.17) is 0 Å². The van der Waals surface area contributed by atoms with Gasteiger partial charge in [-0.15, -0.1) is 0 Å². The van der Waals surface area contributed by atoms with Gasteiger partial charge in [-0.1, -0.05) is 0 Å². The van der Waals surface area contributed by atoms with E-state index in [2.05, 4.69) is 10.6 Å². The van der Waals surface area contributed by atoms with Gasteiger partial charge < -0.3 is 10.6 Å². The van der Waals surface area contributed by atoms with Crippen LogP contribution in [0.3, 0.4) is 0 Å². The minimum absolute atomic E-state index is 0.794. The van der Waals surface area contributed by atoms with Crippen LogP contribution in [0.15, 0.2) is 0 Å². The smallest absolute Gasteiger partial charge is 0.0221 e. The van der Waals surface area contributed by atoms with Crippen molar-refractivity contribution in [3.63, 3.8) is 0 Å². The molecule has 2 nitrogen and oxygen atoms in total. The molecule has 0 aromatic rings. The highest BCUT2D eigenvalue weighted by molar-refractivity contribution is 4.89. The predicted octanol–water partition coefficient (Wildman–Crippen LogP) is 0.490. The lowest BCUT2D eigenvalue weighted by Gasteiger charge is -2.37. The molecule has 2 heteroatoms. The molecule has 2 heterocycles. The molecule has 2 fully saturated rings. The molecule has 2 N–H and O–H groups in total. The van der Waals surface area contributed by atoms with E-state index in [1.54, 1.807) is 0 Å². The van der Waals surface area contributed by atoms with Crippen LogP contribution in [0.1, 0.15) is 25.7 Å². The first kappa shape index (κ1) is 6.62. The number of piperidine rings is 2. The Balaban J connectivity index is 1.93. The first-order valence-corrected chi connectivity index (χ1v) is 4.43. The van der Waals surface area contributed by atoms with Crippen molar-refractivity contribution >= 4 is 0 Å². The summed E-state index contributed by atoms with van der Waals surface area (Å²) >= 11 is 0. The molecule has 2 aliphatic heterocycles. The van der Waals surface area contributed by atoms with Gasteiger partial charge in [0.25, 0.3) is 0 Å². The summed E-state index contributed by atoms with van der Waals surface area (Å²) in [5, 5.41) is 7.12. The Hall–Kier alpha value is -0.0800. The third kappa shape index (κ3) is 1.18. The molecule has 1 unspecified atom stereocenters. The second-order valence-electron chi connectivity index (χ2n) is 3.41. The second-order valence-corrected chi connectivity index (χ2v) is 3.41. The summed E-state index contributed by atoms with van der Waals surface area (Å²) in [5.74, 6) is 0. The highest BCUT2D eigenvalue weighted by Gasteiger charge is 2.26. The topological polar surface area (TPSA) is 24.1 Å². The summed E-state index contributed by atoms with van der Waals surface area (Å²) in [4.78, 5) is 0. The fourth-order valence-electron chi connectivity index (χ4n) is 2.11. The summed E-state index contributed by atoms with van der Waals surface area (Å²) in [6.45, 7) is 2.48. The summed E-state index contributed by atoms with van der Waals surface area (Å²) < 4.78 is 0. The van der Waals surface area contributed by atoms with Crippen LogP contribution in [0.4, 0.5) is 0 Å². The van der Waals surface area contributed by atoms with Crippen LogP contribution in [0.2, 0.25) is 0 Å². The maximum absolute atomic E-state index is 3.56. The lowest BCUT2D eigenvalue weighted by Crippen LogP contribution is -2.54. The average molecular weight is 140 g/mol. The number of fused-ring (bicyclic) bond motifs is 1. The van der Waals surface area contributed by atoms with E-state index in [9.17, 15) is 0 Å². The molecule has 2 rings (SSSR count). The van der Waals surface area contributed by atoms with Crippen molar-refractivity contribution in [1.82, 2.24) is 10.6 Å². The van der Waals surface area contributed by atoms with Crippen LogP contribution in [0, 0.1) is 0 Å². The fourth-order valence-corrected chi connectivity index (χ4v) is 2.11. The molecular weight excluding hydrogens is 124 g/mol. The molecule has 0 bridgehead atoms. The average Bonchev–Trinajstić information content (AvgIpc) is 2.05. The fraction of sp³-hybridized carbons (Fsp3) is 1.00. The minimum Gasteiger partial charge on any atom is -0.312 e. The van der Waals surface area contributed by atoms with Crippen LogP contribution < -0.4 is 10.6 Å². The molecule has 2 aliphatic rings. The van der Waals surface area contributed by atoms with Gasteiger partial charge in [-0.3, -0.25) is 0 Å². The third-order valence-electron chi connectivity index (χ3n) is 2.68. The zero-order valence-corrected chi connectivity index (χ0v) is 6.40. The van der Waals surface area contributed by atoms with Crippen molar-refractivity contribution < 1.29 is 0 Å². The molecule has 0 saturated carbocycles. The van der Waals surface area contributed by atoms with Crippen molar-refractivity contribution in [2.45, 2.75) is 37.8 Å². The van der Waals surface area contributed by atoms with Gasteiger partial charge in [0.05, 0.1) is 0 Å². The number of hydrogen-bond donors (Lipinski definition) is 2. The standard InChI is InChI=1S/C8H16N2/c1-3-7-8(9-5-1)4-2-6-10-7/h7-10H,1-6H2/t7-,8?/m1/s1. The van der Waals surface area contributed by atoms with Crippen molar-refractivity contribution in [1.29, 1.82) is 0 Å². The highest BCUT2D eigenvalue weighted by atomic mass is 15.0. The SMILES string of the molecule is C1CN[C@@H]2CCCNC2C1. The lowest BCUT2D eigenvalue weighted by atomic mass is 9.92. The number of nitrogens with one attached hydrogen (secondary N) is 2. The molecule has 0 aromatic carbocycles. The van der Waals surface area contributed by atoms with E-state index in [0.29, 0.717) is 0 Å². The Kier molecular flexibility index (Phi) is 1.91. The lowest BCUT2D eigenvalue weighted by molar-refractivity contribution is 0.251. The van der Waals surface area contributed by atoms with Gasteiger partial charge in [0.15, 0.2) is 0 Å². The van der Waals surface area contributed by atoms with E-state index < -0.39 is 0 Å². The van der Waals surface area contributed by atoms with E-state index in [0.717, 1.165) is 12.1 Å². The Morgan fingerprint density at radius 2 is 1.30 bits per heavy atom. The largest absolute Gasteiger partial charge is 0.312 e. The van der Waals surface area contributed by atoms with Crippen LogP contribution in [0.25, 0.3) is 0 Å². The van der Waals surface area contributed by atoms with Crippen molar-refractivity contribution in [3.05, 3.63) is 0 Å². The zero-order chi connectivity index (χ0) is 6.81. The minimum atomic E-state index is 0.794. The Bertz CT molecular complexity index is 87.8. The highest BCUT2D eigenvalue weighted by Crippen LogP contribution is 2.16. The number of hydrogen-bond acceptors (Lipinski definition) is 2. The van der Waals surface area contributed by atoms with Crippen molar-refractivity contribution in [2.75, 3.05) is 13.1 Å². The Morgan fingerprint density at radius 3 is 1.80 bits per heavy atom. The normalized spacial score (nSPS) is 40.8. The van der Waals surface area contributed by atoms with Crippen LogP contribution >= 0.6 is 0 Å².